The smallest absolute Gasteiger partial charge is 0.237 e. The second kappa shape index (κ2) is 13.6. The molecular weight excluding hydrogens is 502 g/mol. The molecule has 1 atom stereocenters. The van der Waals surface area contributed by atoms with Gasteiger partial charge < -0.3 is 14.0 Å². The average Bonchev–Trinajstić information content (AvgIpc) is 3.63. The molecule has 1 unspecified atom stereocenters. The zero-order chi connectivity index (χ0) is 26.0. The Balaban J connectivity index is 0.000000176. The van der Waals surface area contributed by atoms with Crippen LogP contribution in [-0.4, -0.2) is 35.8 Å². The number of hydrogen-bond donors (Lipinski definition) is 0. The summed E-state index contributed by atoms with van der Waals surface area (Å²) < 4.78 is 13.5. The van der Waals surface area contributed by atoms with Crippen molar-refractivity contribution in [2.45, 2.75) is 26.2 Å². The first-order valence-electron chi connectivity index (χ1n) is 12.5. The first-order valence-corrected chi connectivity index (χ1v) is 13.3. The quantitative estimate of drug-likeness (QED) is 0.251. The number of rotatable bonds is 8. The molecule has 37 heavy (non-hydrogen) atoms. The van der Waals surface area contributed by atoms with Crippen LogP contribution in [0.15, 0.2) is 104 Å². The molecular formula is C30H31BCl2N2O2. The van der Waals surface area contributed by atoms with Crippen LogP contribution < -0.4 is 10.9 Å². The van der Waals surface area contributed by atoms with Crippen LogP contribution in [0.4, 0.5) is 0 Å². The predicted molar refractivity (Wildman–Crippen MR) is 155 cm³/mol. The van der Waals surface area contributed by atoms with E-state index >= 15 is 0 Å². The van der Waals surface area contributed by atoms with Crippen molar-refractivity contribution in [3.05, 3.63) is 114 Å². The normalized spacial score (nSPS) is 14.0. The zero-order valence-corrected chi connectivity index (χ0v) is 22.5. The van der Waals surface area contributed by atoms with Gasteiger partial charge in [-0.05, 0) is 18.6 Å². The van der Waals surface area contributed by atoms with Crippen LogP contribution in [0.5, 0.6) is 0 Å². The summed E-state index contributed by atoms with van der Waals surface area (Å²) in [5.41, 5.74) is 3.19. The SMILES string of the molecule is C=CB(c1ccccc1Cl)c1ccccc1Cl.CCC(Cn1ccnc1-c1ccccc1)C1OCCO1. The Morgan fingerprint density at radius 2 is 1.51 bits per heavy atom. The van der Waals surface area contributed by atoms with Crippen molar-refractivity contribution in [3.8, 4) is 11.4 Å². The van der Waals surface area contributed by atoms with Crippen molar-refractivity contribution in [2.75, 3.05) is 13.2 Å². The highest BCUT2D eigenvalue weighted by Crippen LogP contribution is 2.23. The average molecular weight is 533 g/mol. The van der Waals surface area contributed by atoms with Crippen molar-refractivity contribution in [1.29, 1.82) is 0 Å². The van der Waals surface area contributed by atoms with Crippen LogP contribution in [0.1, 0.15) is 13.3 Å². The fourth-order valence-corrected chi connectivity index (χ4v) is 5.00. The summed E-state index contributed by atoms with van der Waals surface area (Å²) in [5, 5.41) is 1.47. The first-order chi connectivity index (χ1) is 18.1. The summed E-state index contributed by atoms with van der Waals surface area (Å²) >= 11 is 12.4. The molecule has 7 heteroatoms. The molecule has 0 amide bonds. The molecule has 0 saturated carbocycles. The zero-order valence-electron chi connectivity index (χ0n) is 21.0. The number of aromatic nitrogens is 2. The molecule has 0 N–H and O–H groups in total. The van der Waals surface area contributed by atoms with Crippen molar-refractivity contribution >= 4 is 40.8 Å². The van der Waals surface area contributed by atoms with Gasteiger partial charge in [-0.3, -0.25) is 0 Å². The Labute approximate surface area is 229 Å². The molecule has 1 saturated heterocycles. The highest BCUT2D eigenvalue weighted by molar-refractivity contribution is 6.91. The van der Waals surface area contributed by atoms with Crippen molar-refractivity contribution in [3.63, 3.8) is 0 Å². The minimum Gasteiger partial charge on any atom is -0.350 e. The van der Waals surface area contributed by atoms with E-state index in [9.17, 15) is 0 Å². The molecule has 1 fully saturated rings. The van der Waals surface area contributed by atoms with Gasteiger partial charge >= 0.3 is 0 Å². The fourth-order valence-electron chi connectivity index (χ4n) is 4.49. The molecule has 0 bridgehead atoms. The lowest BCUT2D eigenvalue weighted by Gasteiger charge is -2.22. The van der Waals surface area contributed by atoms with E-state index < -0.39 is 0 Å². The molecule has 4 aromatic rings. The highest BCUT2D eigenvalue weighted by atomic mass is 35.5. The maximum atomic E-state index is 6.21. The summed E-state index contributed by atoms with van der Waals surface area (Å²) in [4.78, 5) is 4.48. The maximum absolute atomic E-state index is 6.21. The van der Waals surface area contributed by atoms with E-state index in [-0.39, 0.29) is 13.0 Å². The first kappa shape index (κ1) is 27.2. The van der Waals surface area contributed by atoms with Gasteiger partial charge in [-0.15, -0.1) is 12.6 Å². The van der Waals surface area contributed by atoms with Crippen LogP contribution in [0.3, 0.4) is 0 Å². The van der Waals surface area contributed by atoms with E-state index in [0.29, 0.717) is 19.1 Å². The molecule has 0 spiro atoms. The van der Waals surface area contributed by atoms with Gasteiger partial charge in [-0.25, -0.2) is 4.98 Å². The number of ether oxygens (including phenoxy) is 2. The molecule has 2 heterocycles. The minimum atomic E-state index is -0.0778. The number of nitrogens with zero attached hydrogens (tertiary/aromatic N) is 2. The second-order valence-electron chi connectivity index (χ2n) is 8.80. The standard InChI is InChI=1S/C16H20N2O2.C14H11BCl2/c1-2-13(16-19-10-11-20-16)12-18-9-8-17-15(18)14-6-4-3-5-7-14;1-2-15(11-7-3-5-9-13(11)16)12-8-4-6-10-14(12)17/h3-9,13,16H,2,10-12H2,1H3;2-10H,1H2. The maximum Gasteiger partial charge on any atom is 0.237 e. The van der Waals surface area contributed by atoms with Gasteiger partial charge in [0.05, 0.1) is 13.2 Å². The van der Waals surface area contributed by atoms with Gasteiger partial charge in [-0.1, -0.05) is 108 Å². The Bertz CT molecular complexity index is 1230. The van der Waals surface area contributed by atoms with E-state index in [2.05, 4.69) is 35.2 Å². The summed E-state index contributed by atoms with van der Waals surface area (Å²) in [5.74, 6) is 3.22. The molecule has 1 aromatic heterocycles. The van der Waals surface area contributed by atoms with Crippen molar-refractivity contribution < 1.29 is 9.47 Å². The minimum absolute atomic E-state index is 0.0254. The van der Waals surface area contributed by atoms with Gasteiger partial charge in [-0.2, -0.15) is 0 Å². The van der Waals surface area contributed by atoms with Crippen molar-refractivity contribution in [1.82, 2.24) is 9.55 Å². The molecule has 4 nitrogen and oxygen atoms in total. The lowest BCUT2D eigenvalue weighted by Crippen LogP contribution is -2.41. The van der Waals surface area contributed by atoms with E-state index in [1.54, 1.807) is 0 Å². The predicted octanol–water partition coefficient (Wildman–Crippen LogP) is 6.28. The van der Waals surface area contributed by atoms with Gasteiger partial charge in [0, 0.05) is 40.5 Å². The largest absolute Gasteiger partial charge is 0.350 e. The summed E-state index contributed by atoms with van der Waals surface area (Å²) in [6, 6.07) is 25.8. The van der Waals surface area contributed by atoms with E-state index in [1.807, 2.05) is 85.1 Å². The summed E-state index contributed by atoms with van der Waals surface area (Å²) in [6.45, 7) is 8.36. The Morgan fingerprint density at radius 1 is 0.946 bits per heavy atom. The Kier molecular flexibility index (Phi) is 10.0. The third-order valence-corrected chi connectivity index (χ3v) is 7.14. The van der Waals surface area contributed by atoms with Gasteiger partial charge in [0.25, 0.3) is 0 Å². The molecule has 190 valence electrons. The van der Waals surface area contributed by atoms with E-state index in [4.69, 9.17) is 32.7 Å². The number of benzene rings is 3. The van der Waals surface area contributed by atoms with Crippen LogP contribution in [0, 0.1) is 5.92 Å². The lowest BCUT2D eigenvalue weighted by atomic mass is 9.41. The van der Waals surface area contributed by atoms with Crippen LogP contribution >= 0.6 is 23.2 Å². The Hall–Kier alpha value is -2.83. The molecule has 1 aliphatic heterocycles. The molecule has 1 aliphatic rings. The number of imidazole rings is 1. The number of hydrogen-bond acceptors (Lipinski definition) is 3. The highest BCUT2D eigenvalue weighted by Gasteiger charge is 2.26. The Morgan fingerprint density at radius 3 is 2.05 bits per heavy atom. The van der Waals surface area contributed by atoms with Gasteiger partial charge in [0.1, 0.15) is 5.82 Å². The summed E-state index contributed by atoms with van der Waals surface area (Å²) in [6.07, 6.45) is 4.83. The molecule has 0 aliphatic carbocycles. The van der Waals surface area contributed by atoms with Crippen molar-refractivity contribution in [2.24, 2.45) is 5.92 Å². The van der Waals surface area contributed by atoms with Crippen LogP contribution in [0.2, 0.25) is 10.0 Å². The van der Waals surface area contributed by atoms with Gasteiger partial charge in [0.2, 0.25) is 6.71 Å². The third kappa shape index (κ3) is 6.94. The second-order valence-corrected chi connectivity index (χ2v) is 9.62. The third-order valence-electron chi connectivity index (χ3n) is 6.45. The molecule has 3 aromatic carbocycles. The van der Waals surface area contributed by atoms with E-state index in [0.717, 1.165) is 45.3 Å². The molecule has 0 radical (unpaired) electrons. The topological polar surface area (TPSA) is 36.3 Å². The molecule has 5 rings (SSSR count). The summed E-state index contributed by atoms with van der Waals surface area (Å²) in [7, 11) is 0. The van der Waals surface area contributed by atoms with Gasteiger partial charge in [0.15, 0.2) is 6.29 Å². The fraction of sp³-hybridized carbons (Fsp3) is 0.233. The van der Waals surface area contributed by atoms with Crippen LogP contribution in [0.25, 0.3) is 11.4 Å². The number of halogens is 2. The monoisotopic (exact) mass is 532 g/mol. The van der Waals surface area contributed by atoms with E-state index in [1.165, 1.54) is 0 Å². The lowest BCUT2D eigenvalue weighted by molar-refractivity contribution is -0.0883. The van der Waals surface area contributed by atoms with Crippen LogP contribution in [-0.2, 0) is 16.0 Å².